The molecule has 0 saturated heterocycles. The molecule has 104 valence electrons. The SMILES string of the molecule is CC(C)(C)c1ccc(CNc2ccc3cn[nH]c3c2)s1. The highest BCUT2D eigenvalue weighted by Gasteiger charge is 2.15. The number of nitrogens with one attached hydrogen (secondary N) is 2. The number of aromatic nitrogens is 2. The van der Waals surface area contributed by atoms with E-state index in [0.717, 1.165) is 23.1 Å². The number of hydrogen-bond donors (Lipinski definition) is 2. The molecule has 2 aromatic heterocycles. The van der Waals surface area contributed by atoms with Gasteiger partial charge in [-0.3, -0.25) is 5.10 Å². The summed E-state index contributed by atoms with van der Waals surface area (Å²) >= 11 is 1.88. The maximum Gasteiger partial charge on any atom is 0.0670 e. The Kier molecular flexibility index (Phi) is 3.26. The molecule has 0 aliphatic rings. The van der Waals surface area contributed by atoms with Gasteiger partial charge in [0, 0.05) is 27.4 Å². The molecule has 0 aliphatic heterocycles. The first kappa shape index (κ1) is 13.2. The van der Waals surface area contributed by atoms with Crippen LogP contribution in [0.2, 0.25) is 0 Å². The molecule has 0 fully saturated rings. The molecule has 0 spiro atoms. The van der Waals surface area contributed by atoms with Gasteiger partial charge in [-0.25, -0.2) is 0 Å². The topological polar surface area (TPSA) is 40.7 Å². The summed E-state index contributed by atoms with van der Waals surface area (Å²) in [7, 11) is 0. The summed E-state index contributed by atoms with van der Waals surface area (Å²) < 4.78 is 0. The van der Waals surface area contributed by atoms with Crippen LogP contribution in [0.25, 0.3) is 10.9 Å². The molecular weight excluding hydrogens is 266 g/mol. The van der Waals surface area contributed by atoms with Crippen LogP contribution in [0.1, 0.15) is 30.5 Å². The second-order valence-electron chi connectivity index (χ2n) is 6.04. The van der Waals surface area contributed by atoms with E-state index in [2.05, 4.69) is 66.6 Å². The van der Waals surface area contributed by atoms with E-state index in [1.54, 1.807) is 0 Å². The quantitative estimate of drug-likeness (QED) is 0.742. The molecule has 3 aromatic rings. The number of H-pyrrole nitrogens is 1. The second-order valence-corrected chi connectivity index (χ2v) is 7.21. The number of anilines is 1. The maximum absolute atomic E-state index is 4.04. The van der Waals surface area contributed by atoms with E-state index in [1.807, 2.05) is 17.5 Å². The molecule has 3 nitrogen and oxygen atoms in total. The first-order valence-electron chi connectivity index (χ1n) is 6.78. The van der Waals surface area contributed by atoms with Crippen molar-refractivity contribution in [3.05, 3.63) is 46.3 Å². The third kappa shape index (κ3) is 2.70. The molecule has 0 atom stereocenters. The summed E-state index contributed by atoms with van der Waals surface area (Å²) in [6, 6.07) is 10.7. The smallest absolute Gasteiger partial charge is 0.0670 e. The lowest BCUT2D eigenvalue weighted by Crippen LogP contribution is -2.07. The highest BCUT2D eigenvalue weighted by atomic mass is 32.1. The van der Waals surface area contributed by atoms with Crippen molar-refractivity contribution in [1.29, 1.82) is 0 Å². The molecule has 20 heavy (non-hydrogen) atoms. The minimum atomic E-state index is 0.234. The number of hydrogen-bond acceptors (Lipinski definition) is 3. The van der Waals surface area contributed by atoms with Crippen LogP contribution >= 0.6 is 11.3 Å². The largest absolute Gasteiger partial charge is 0.380 e. The first-order chi connectivity index (χ1) is 9.52. The van der Waals surface area contributed by atoms with Gasteiger partial charge in [0.2, 0.25) is 0 Å². The van der Waals surface area contributed by atoms with Gasteiger partial charge in [-0.05, 0) is 35.7 Å². The molecule has 3 rings (SSSR count). The minimum Gasteiger partial charge on any atom is -0.380 e. The van der Waals surface area contributed by atoms with E-state index < -0.39 is 0 Å². The van der Waals surface area contributed by atoms with E-state index >= 15 is 0 Å². The van der Waals surface area contributed by atoms with E-state index in [9.17, 15) is 0 Å². The number of nitrogens with zero attached hydrogens (tertiary/aromatic N) is 1. The zero-order valence-corrected chi connectivity index (χ0v) is 12.8. The average Bonchev–Trinajstić information content (AvgIpc) is 3.04. The summed E-state index contributed by atoms with van der Waals surface area (Å²) in [6.07, 6.45) is 1.84. The van der Waals surface area contributed by atoms with Crippen molar-refractivity contribution in [2.45, 2.75) is 32.7 Å². The summed E-state index contributed by atoms with van der Waals surface area (Å²) in [5.41, 5.74) is 2.42. The number of rotatable bonds is 3. The Hall–Kier alpha value is -1.81. The van der Waals surface area contributed by atoms with Crippen molar-refractivity contribution in [1.82, 2.24) is 10.2 Å². The zero-order valence-electron chi connectivity index (χ0n) is 12.0. The molecule has 0 aliphatic carbocycles. The summed E-state index contributed by atoms with van der Waals surface area (Å²) in [5, 5.41) is 11.6. The monoisotopic (exact) mass is 285 g/mol. The highest BCUT2D eigenvalue weighted by molar-refractivity contribution is 7.12. The fourth-order valence-electron chi connectivity index (χ4n) is 2.11. The van der Waals surface area contributed by atoms with Crippen molar-refractivity contribution in [2.24, 2.45) is 0 Å². The number of aromatic amines is 1. The number of fused-ring (bicyclic) bond motifs is 1. The lowest BCUT2D eigenvalue weighted by molar-refractivity contribution is 0.604. The summed E-state index contributed by atoms with van der Waals surface area (Å²) in [4.78, 5) is 2.79. The Labute approximate surface area is 123 Å². The highest BCUT2D eigenvalue weighted by Crippen LogP contribution is 2.29. The predicted octanol–water partition coefficient (Wildman–Crippen LogP) is 4.53. The molecule has 0 radical (unpaired) electrons. The number of thiophene rings is 1. The van der Waals surface area contributed by atoms with Crippen LogP contribution in [-0.4, -0.2) is 10.2 Å². The van der Waals surface area contributed by atoms with Crippen LogP contribution in [0.5, 0.6) is 0 Å². The predicted molar refractivity (Wildman–Crippen MR) is 86.4 cm³/mol. The average molecular weight is 285 g/mol. The summed E-state index contributed by atoms with van der Waals surface area (Å²) in [6.45, 7) is 7.62. The van der Waals surface area contributed by atoms with Crippen molar-refractivity contribution >= 4 is 27.9 Å². The van der Waals surface area contributed by atoms with Gasteiger partial charge in [-0.1, -0.05) is 20.8 Å². The molecule has 0 amide bonds. The van der Waals surface area contributed by atoms with E-state index in [-0.39, 0.29) is 5.41 Å². The van der Waals surface area contributed by atoms with E-state index in [0.29, 0.717) is 0 Å². The summed E-state index contributed by atoms with van der Waals surface area (Å²) in [5.74, 6) is 0. The zero-order chi connectivity index (χ0) is 14.2. The molecule has 4 heteroatoms. The lowest BCUT2D eigenvalue weighted by Gasteiger charge is -2.15. The van der Waals surface area contributed by atoms with Crippen LogP contribution in [0, 0.1) is 0 Å². The Bertz CT molecular complexity index is 718. The number of benzene rings is 1. The molecule has 0 unspecified atom stereocenters. The van der Waals surface area contributed by atoms with Gasteiger partial charge in [0.15, 0.2) is 0 Å². The van der Waals surface area contributed by atoms with E-state index in [4.69, 9.17) is 0 Å². The van der Waals surface area contributed by atoms with Gasteiger partial charge in [0.1, 0.15) is 0 Å². The van der Waals surface area contributed by atoms with Crippen molar-refractivity contribution in [3.63, 3.8) is 0 Å². The first-order valence-corrected chi connectivity index (χ1v) is 7.60. The minimum absolute atomic E-state index is 0.234. The Balaban J connectivity index is 1.71. The molecule has 1 aromatic carbocycles. The van der Waals surface area contributed by atoms with Gasteiger partial charge in [0.25, 0.3) is 0 Å². The van der Waals surface area contributed by atoms with Crippen LogP contribution in [0.15, 0.2) is 36.5 Å². The van der Waals surface area contributed by atoms with Gasteiger partial charge in [-0.15, -0.1) is 11.3 Å². The van der Waals surface area contributed by atoms with Gasteiger partial charge in [0.05, 0.1) is 11.7 Å². The maximum atomic E-state index is 4.04. The standard InChI is InChI=1S/C16H19N3S/c1-16(2,3)15-7-6-13(20-15)10-17-12-5-4-11-9-18-19-14(11)8-12/h4-9,17H,10H2,1-3H3,(H,18,19). The molecule has 2 heterocycles. The normalized spacial score (nSPS) is 11.9. The van der Waals surface area contributed by atoms with E-state index in [1.165, 1.54) is 9.75 Å². The van der Waals surface area contributed by atoms with Crippen molar-refractivity contribution in [3.8, 4) is 0 Å². The Morgan fingerprint density at radius 1 is 1.20 bits per heavy atom. The fraction of sp³-hybridized carbons (Fsp3) is 0.312. The molecular formula is C16H19N3S. The fourth-order valence-corrected chi connectivity index (χ4v) is 3.12. The van der Waals surface area contributed by atoms with Crippen LogP contribution in [0.3, 0.4) is 0 Å². The molecule has 0 saturated carbocycles. The lowest BCUT2D eigenvalue weighted by atomic mass is 9.95. The molecule has 2 N–H and O–H groups in total. The van der Waals surface area contributed by atoms with Crippen LogP contribution in [-0.2, 0) is 12.0 Å². The van der Waals surface area contributed by atoms with Gasteiger partial charge >= 0.3 is 0 Å². The van der Waals surface area contributed by atoms with Crippen molar-refractivity contribution in [2.75, 3.05) is 5.32 Å². The van der Waals surface area contributed by atoms with Gasteiger partial charge < -0.3 is 5.32 Å². The third-order valence-electron chi connectivity index (χ3n) is 3.31. The van der Waals surface area contributed by atoms with Gasteiger partial charge in [-0.2, -0.15) is 5.10 Å². The molecule has 0 bridgehead atoms. The Morgan fingerprint density at radius 3 is 2.80 bits per heavy atom. The Morgan fingerprint density at radius 2 is 2.05 bits per heavy atom. The van der Waals surface area contributed by atoms with Crippen molar-refractivity contribution < 1.29 is 0 Å². The van der Waals surface area contributed by atoms with Crippen LogP contribution < -0.4 is 5.32 Å². The third-order valence-corrected chi connectivity index (χ3v) is 4.82. The van der Waals surface area contributed by atoms with Crippen LogP contribution in [0.4, 0.5) is 5.69 Å². The second kappa shape index (κ2) is 4.94.